The summed E-state index contributed by atoms with van der Waals surface area (Å²) in [5.41, 5.74) is 6.16. The standard InChI is InChI=1S/C32H34N4O4.2C2H6/c1-21(2)25-7-5-24(6-8-25)20-39-28-11-9-26(10-12-28)29-30(27-13-15-33-16-14-27)34-36-18-17-35(32(38)31(29)36)19-22(3)40-23(4)37;2*1-2/h5-16,21-22H,17-20H2,1-4H3;2*1-2H3. The van der Waals surface area contributed by atoms with Crippen molar-refractivity contribution in [1.29, 1.82) is 0 Å². The van der Waals surface area contributed by atoms with E-state index in [-0.39, 0.29) is 11.9 Å². The van der Waals surface area contributed by atoms with E-state index < -0.39 is 6.10 Å². The Labute approximate surface area is 262 Å². The van der Waals surface area contributed by atoms with Crippen molar-refractivity contribution in [2.45, 2.75) is 80.6 Å². The van der Waals surface area contributed by atoms with Crippen LogP contribution in [-0.4, -0.2) is 50.7 Å². The van der Waals surface area contributed by atoms with Crippen molar-refractivity contribution in [3.8, 4) is 28.1 Å². The number of carbonyl (C=O) groups is 2. The van der Waals surface area contributed by atoms with Gasteiger partial charge in [0.1, 0.15) is 29.8 Å². The molecule has 3 heterocycles. The normalized spacial score (nSPS) is 12.8. The number of pyridine rings is 1. The fourth-order valence-electron chi connectivity index (χ4n) is 4.98. The molecule has 1 aliphatic rings. The number of hydrogen-bond acceptors (Lipinski definition) is 6. The Kier molecular flexibility index (Phi) is 12.7. The average molecular weight is 599 g/mol. The number of rotatable bonds is 9. The summed E-state index contributed by atoms with van der Waals surface area (Å²) in [6.45, 7) is 17.3. The van der Waals surface area contributed by atoms with Gasteiger partial charge in [-0.2, -0.15) is 5.10 Å². The molecule has 1 atom stereocenters. The van der Waals surface area contributed by atoms with Crippen LogP contribution >= 0.6 is 0 Å². The Morgan fingerprint density at radius 3 is 2.09 bits per heavy atom. The maximum absolute atomic E-state index is 13.8. The van der Waals surface area contributed by atoms with E-state index >= 15 is 0 Å². The van der Waals surface area contributed by atoms with Crippen LogP contribution in [0, 0.1) is 0 Å². The van der Waals surface area contributed by atoms with Gasteiger partial charge in [-0.05, 0) is 53.8 Å². The lowest BCUT2D eigenvalue weighted by atomic mass is 9.98. The first kappa shape index (κ1) is 34.0. The van der Waals surface area contributed by atoms with Crippen molar-refractivity contribution < 1.29 is 19.1 Å². The molecule has 234 valence electrons. The smallest absolute Gasteiger partial charge is 0.302 e. The highest BCUT2D eigenvalue weighted by Crippen LogP contribution is 2.37. The van der Waals surface area contributed by atoms with Gasteiger partial charge in [-0.1, -0.05) is 77.9 Å². The Balaban J connectivity index is 0.00000127. The lowest BCUT2D eigenvalue weighted by Crippen LogP contribution is -2.44. The van der Waals surface area contributed by atoms with Crippen LogP contribution in [0.1, 0.15) is 82.9 Å². The summed E-state index contributed by atoms with van der Waals surface area (Å²) in [4.78, 5) is 31.0. The molecule has 0 saturated heterocycles. The second-order valence-electron chi connectivity index (χ2n) is 10.4. The molecular formula is C36H46N4O4. The molecule has 8 nitrogen and oxygen atoms in total. The van der Waals surface area contributed by atoms with Gasteiger partial charge in [0.05, 0.1) is 13.1 Å². The van der Waals surface area contributed by atoms with Crippen LogP contribution in [0.4, 0.5) is 0 Å². The van der Waals surface area contributed by atoms with Crippen LogP contribution in [-0.2, 0) is 22.7 Å². The summed E-state index contributed by atoms with van der Waals surface area (Å²) in [5.74, 6) is 0.729. The zero-order chi connectivity index (χ0) is 32.2. The molecule has 1 amide bonds. The van der Waals surface area contributed by atoms with E-state index in [1.54, 1.807) is 28.9 Å². The summed E-state index contributed by atoms with van der Waals surface area (Å²) in [6.07, 6.45) is 3.03. The average Bonchev–Trinajstić information content (AvgIpc) is 3.44. The third kappa shape index (κ3) is 8.34. The van der Waals surface area contributed by atoms with Crippen LogP contribution in [0.2, 0.25) is 0 Å². The van der Waals surface area contributed by atoms with Crippen LogP contribution in [0.25, 0.3) is 22.4 Å². The van der Waals surface area contributed by atoms with Gasteiger partial charge in [-0.25, -0.2) is 0 Å². The Morgan fingerprint density at radius 1 is 0.864 bits per heavy atom. The van der Waals surface area contributed by atoms with Crippen LogP contribution in [0.5, 0.6) is 5.75 Å². The van der Waals surface area contributed by atoms with Gasteiger partial charge in [-0.15, -0.1) is 0 Å². The van der Waals surface area contributed by atoms with Gasteiger partial charge in [-0.3, -0.25) is 19.3 Å². The molecule has 0 fully saturated rings. The molecule has 8 heteroatoms. The van der Waals surface area contributed by atoms with Gasteiger partial charge in [0.2, 0.25) is 0 Å². The van der Waals surface area contributed by atoms with Crippen LogP contribution < -0.4 is 4.74 Å². The number of ether oxygens (including phenoxy) is 2. The number of esters is 1. The predicted molar refractivity (Wildman–Crippen MR) is 176 cm³/mol. The molecule has 1 aliphatic heterocycles. The van der Waals surface area contributed by atoms with Crippen LogP contribution in [0.15, 0.2) is 73.1 Å². The number of benzene rings is 2. The van der Waals surface area contributed by atoms with Crippen LogP contribution in [0.3, 0.4) is 0 Å². The van der Waals surface area contributed by atoms with Gasteiger partial charge < -0.3 is 14.4 Å². The Bertz CT molecular complexity index is 1480. The molecule has 0 spiro atoms. The minimum Gasteiger partial charge on any atom is -0.489 e. The zero-order valence-corrected chi connectivity index (χ0v) is 27.3. The Morgan fingerprint density at radius 2 is 1.50 bits per heavy atom. The first-order chi connectivity index (χ1) is 21.3. The highest BCUT2D eigenvalue weighted by Gasteiger charge is 2.33. The number of amides is 1. The number of nitrogens with zero attached hydrogens (tertiary/aromatic N) is 4. The van der Waals surface area contributed by atoms with E-state index in [2.05, 4.69) is 43.1 Å². The van der Waals surface area contributed by atoms with Crippen molar-refractivity contribution in [3.05, 3.63) is 89.9 Å². The fourth-order valence-corrected chi connectivity index (χ4v) is 4.98. The summed E-state index contributed by atoms with van der Waals surface area (Å²) < 4.78 is 13.1. The molecule has 2 aromatic carbocycles. The van der Waals surface area contributed by atoms with E-state index in [4.69, 9.17) is 14.6 Å². The molecule has 2 aromatic heterocycles. The van der Waals surface area contributed by atoms with Gasteiger partial charge in [0.25, 0.3) is 5.91 Å². The van der Waals surface area contributed by atoms with E-state index in [0.29, 0.717) is 37.9 Å². The SMILES string of the molecule is CC.CC.CC(=O)OC(C)CN1CCn2nc(-c3ccncc3)c(-c3ccc(OCc4ccc(C(C)C)cc4)cc3)c2C1=O. The van der Waals surface area contributed by atoms with Gasteiger partial charge in [0, 0.05) is 37.0 Å². The third-order valence-electron chi connectivity index (χ3n) is 7.02. The summed E-state index contributed by atoms with van der Waals surface area (Å²) >= 11 is 0. The van der Waals surface area contributed by atoms with Crippen molar-refractivity contribution in [3.63, 3.8) is 0 Å². The molecule has 5 rings (SSSR count). The molecule has 0 saturated carbocycles. The number of fused-ring (bicyclic) bond motifs is 1. The maximum Gasteiger partial charge on any atom is 0.302 e. The topological polar surface area (TPSA) is 86.6 Å². The van der Waals surface area contributed by atoms with E-state index in [0.717, 1.165) is 33.7 Å². The maximum atomic E-state index is 13.8. The predicted octanol–water partition coefficient (Wildman–Crippen LogP) is 7.77. The quantitative estimate of drug-likeness (QED) is 0.183. The highest BCUT2D eigenvalue weighted by atomic mass is 16.5. The molecule has 4 aromatic rings. The van der Waals surface area contributed by atoms with Crippen molar-refractivity contribution in [1.82, 2.24) is 19.7 Å². The largest absolute Gasteiger partial charge is 0.489 e. The zero-order valence-electron chi connectivity index (χ0n) is 27.3. The highest BCUT2D eigenvalue weighted by molar-refractivity contribution is 6.03. The molecule has 0 radical (unpaired) electrons. The van der Waals surface area contributed by atoms with E-state index in [9.17, 15) is 9.59 Å². The van der Waals surface area contributed by atoms with Gasteiger partial charge in [0.15, 0.2) is 0 Å². The first-order valence-corrected chi connectivity index (χ1v) is 15.6. The number of hydrogen-bond donors (Lipinski definition) is 0. The third-order valence-corrected chi connectivity index (χ3v) is 7.02. The van der Waals surface area contributed by atoms with Gasteiger partial charge >= 0.3 is 5.97 Å². The molecular weight excluding hydrogens is 552 g/mol. The van der Waals surface area contributed by atoms with Crippen molar-refractivity contribution in [2.24, 2.45) is 0 Å². The summed E-state index contributed by atoms with van der Waals surface area (Å²) in [5, 5.41) is 4.85. The first-order valence-electron chi connectivity index (χ1n) is 15.6. The van der Waals surface area contributed by atoms with E-state index in [1.165, 1.54) is 12.5 Å². The molecule has 44 heavy (non-hydrogen) atoms. The van der Waals surface area contributed by atoms with E-state index in [1.807, 2.05) is 64.1 Å². The van der Waals surface area contributed by atoms with Crippen molar-refractivity contribution in [2.75, 3.05) is 13.1 Å². The lowest BCUT2D eigenvalue weighted by molar-refractivity contribution is -0.146. The molecule has 0 bridgehead atoms. The molecule has 0 aliphatic carbocycles. The fraction of sp³-hybridized carbons (Fsp3) is 0.389. The van der Waals surface area contributed by atoms with Crippen molar-refractivity contribution >= 4 is 11.9 Å². The minimum absolute atomic E-state index is 0.141. The summed E-state index contributed by atoms with van der Waals surface area (Å²) in [7, 11) is 0. The minimum atomic E-state index is -0.406. The second kappa shape index (κ2) is 16.4. The molecule has 1 unspecified atom stereocenters. The second-order valence-corrected chi connectivity index (χ2v) is 10.4. The monoisotopic (exact) mass is 598 g/mol. The summed E-state index contributed by atoms with van der Waals surface area (Å²) in [6, 6.07) is 20.1. The number of aromatic nitrogens is 3. The Hall–Kier alpha value is -4.46. The lowest BCUT2D eigenvalue weighted by Gasteiger charge is -2.30. The number of carbonyl (C=O) groups excluding carboxylic acids is 2. The molecule has 0 N–H and O–H groups in total.